The molecule has 0 fully saturated rings. The summed E-state index contributed by atoms with van der Waals surface area (Å²) < 4.78 is 7.34. The average molecular weight is 511 g/mol. The third-order valence-electron chi connectivity index (χ3n) is 1.84. The van der Waals surface area contributed by atoms with Gasteiger partial charge in [0.25, 0.3) is 0 Å². The van der Waals surface area contributed by atoms with E-state index in [1.54, 1.807) is 6.20 Å². The summed E-state index contributed by atoms with van der Waals surface area (Å²) in [4.78, 5) is 4.31. The number of rotatable bonds is 1. The van der Waals surface area contributed by atoms with Gasteiger partial charge in [-0.25, -0.2) is 0 Å². The maximum atomic E-state index is 5.39. The zero-order valence-electron chi connectivity index (χ0n) is 6.87. The Bertz CT molecular complexity index is 489. The van der Waals surface area contributed by atoms with Crippen LogP contribution in [0.15, 0.2) is 33.3 Å². The molecule has 2 radical (unpaired) electrons. The van der Waals surface area contributed by atoms with Crippen molar-refractivity contribution in [2.24, 2.45) is 0 Å². The number of hydrogen-bond donors (Lipinski definition) is 0. The van der Waals surface area contributed by atoms with E-state index in [9.17, 15) is 0 Å². The van der Waals surface area contributed by atoms with Crippen LogP contribution in [0.4, 0.5) is 0 Å². The van der Waals surface area contributed by atoms with Crippen molar-refractivity contribution in [3.63, 3.8) is 0 Å². The Morgan fingerprint density at radius 3 is 2.79 bits per heavy atom. The fourth-order valence-electron chi connectivity index (χ4n) is 1.23. The maximum absolute atomic E-state index is 5.39. The number of benzene rings is 1. The molecular weight excluding hydrogens is 507 g/mol. The molecule has 0 bridgehead atoms. The van der Waals surface area contributed by atoms with E-state index in [0.717, 1.165) is 50.8 Å². The molecule has 0 saturated heterocycles. The minimum absolute atomic E-state index is 0.817. The van der Waals surface area contributed by atoms with Crippen molar-refractivity contribution in [2.75, 3.05) is 0 Å². The summed E-state index contributed by atoms with van der Waals surface area (Å²) in [6.45, 7) is 0. The molecule has 70 valence electrons. The molecule has 0 atom stereocenters. The number of halogens is 2. The van der Waals surface area contributed by atoms with Crippen molar-refractivity contribution in [2.45, 2.75) is 0 Å². The van der Waals surface area contributed by atoms with Gasteiger partial charge in [0.2, 0.25) is 0 Å². The number of nitrogens with zero attached hydrogens (tertiary/aromatic N) is 1. The van der Waals surface area contributed by atoms with Gasteiger partial charge in [-0.05, 0) is 0 Å². The van der Waals surface area contributed by atoms with Crippen molar-refractivity contribution in [1.82, 2.24) is 4.98 Å². The Balaban J connectivity index is 2.90. The Morgan fingerprint density at radius 1 is 1.29 bits per heavy atom. The van der Waals surface area contributed by atoms with E-state index >= 15 is 0 Å². The van der Waals surface area contributed by atoms with Crippen molar-refractivity contribution in [3.05, 3.63) is 33.3 Å². The Morgan fingerprint density at radius 2 is 2.07 bits per heavy atom. The van der Waals surface area contributed by atoms with Crippen LogP contribution in [-0.2, 0) is 0 Å². The second kappa shape index (κ2) is 4.42. The third-order valence-corrected chi connectivity index (χ3v) is 3.80. The predicted molar refractivity (Wildman–Crippen MR) is 63.5 cm³/mol. The quantitative estimate of drug-likeness (QED) is 0.550. The van der Waals surface area contributed by atoms with Crippen LogP contribution in [-0.4, -0.2) is 30.1 Å². The molecule has 1 aromatic heterocycles. The molecule has 0 unspecified atom stereocenters. The minimum atomic E-state index is 0.817. The van der Waals surface area contributed by atoms with E-state index < -0.39 is 0 Å². The molecule has 5 heteroatoms. The first-order valence-corrected chi connectivity index (χ1v) is 6.78. The average Bonchev–Trinajstić information content (AvgIpc) is 2.18. The topological polar surface area (TPSA) is 22.1 Å². The van der Waals surface area contributed by atoms with Gasteiger partial charge in [-0.15, -0.1) is 0 Å². The van der Waals surface area contributed by atoms with Crippen LogP contribution < -0.4 is 2.81 Å². The summed E-state index contributed by atoms with van der Waals surface area (Å²) in [6.07, 6.45) is 1.77. The number of fused-ring (bicyclic) bond motifs is 1. The van der Waals surface area contributed by atoms with E-state index in [2.05, 4.69) is 36.8 Å². The van der Waals surface area contributed by atoms with Gasteiger partial charge in [-0.1, -0.05) is 0 Å². The van der Waals surface area contributed by atoms with Crippen LogP contribution in [0.25, 0.3) is 10.9 Å². The van der Waals surface area contributed by atoms with E-state index in [1.807, 2.05) is 18.2 Å². The molecule has 2 aromatic rings. The summed E-state index contributed by atoms with van der Waals surface area (Å²) in [6, 6.07) is 5.90. The second-order valence-corrected chi connectivity index (χ2v) is 5.08. The van der Waals surface area contributed by atoms with Gasteiger partial charge in [-0.2, -0.15) is 0 Å². The SMILES string of the molecule is Brc1cc(Br)c2cccnc2c1[O][Bi]. The Kier molecular flexibility index (Phi) is 3.40. The Hall–Kier alpha value is 0.273. The van der Waals surface area contributed by atoms with Crippen molar-refractivity contribution >= 4 is 67.9 Å². The molecule has 0 N–H and O–H groups in total. The summed E-state index contributed by atoms with van der Waals surface area (Å²) in [5, 5.41) is 1.07. The van der Waals surface area contributed by atoms with Crippen LogP contribution in [0.2, 0.25) is 0 Å². The standard InChI is InChI=1S/C9H5Br2NO.Bi/c10-6-4-7(11)9(13)8-5(6)2-1-3-12-8;/h1-4,13H;/q;+1/p-1. The summed E-state index contributed by atoms with van der Waals surface area (Å²) >= 11 is 7.80. The molecule has 14 heavy (non-hydrogen) atoms. The van der Waals surface area contributed by atoms with E-state index in [0.29, 0.717) is 0 Å². The van der Waals surface area contributed by atoms with Gasteiger partial charge >= 0.3 is 115 Å². The van der Waals surface area contributed by atoms with Crippen LogP contribution in [0.5, 0.6) is 5.75 Å². The molecule has 0 spiro atoms. The van der Waals surface area contributed by atoms with Crippen LogP contribution in [0, 0.1) is 0 Å². The first-order valence-electron chi connectivity index (χ1n) is 3.78. The second-order valence-electron chi connectivity index (χ2n) is 2.66. The monoisotopic (exact) mass is 509 g/mol. The van der Waals surface area contributed by atoms with Crippen molar-refractivity contribution in [3.8, 4) is 5.75 Å². The van der Waals surface area contributed by atoms with Gasteiger partial charge in [0.05, 0.1) is 0 Å². The van der Waals surface area contributed by atoms with Crippen molar-refractivity contribution < 1.29 is 2.81 Å². The van der Waals surface area contributed by atoms with E-state index in [-0.39, 0.29) is 0 Å². The summed E-state index contributed by atoms with van der Waals surface area (Å²) in [5.41, 5.74) is 0.885. The summed E-state index contributed by atoms with van der Waals surface area (Å²) in [5.74, 6) is 0.817. The van der Waals surface area contributed by atoms with Gasteiger partial charge in [0.15, 0.2) is 0 Å². The molecule has 2 rings (SSSR count). The van der Waals surface area contributed by atoms with E-state index in [1.165, 1.54) is 0 Å². The zero-order chi connectivity index (χ0) is 10.1. The molecule has 0 amide bonds. The normalized spacial score (nSPS) is 10.5. The molecule has 0 aliphatic rings. The Labute approximate surface area is 114 Å². The molecule has 0 aliphatic heterocycles. The molecule has 2 nitrogen and oxygen atoms in total. The first-order chi connectivity index (χ1) is 6.74. The third kappa shape index (κ3) is 1.82. The molecule has 0 aliphatic carbocycles. The van der Waals surface area contributed by atoms with Crippen LogP contribution in [0.3, 0.4) is 0 Å². The molecular formula is C9H4BiBr2NO. The molecule has 1 heterocycles. The van der Waals surface area contributed by atoms with Crippen molar-refractivity contribution in [1.29, 1.82) is 0 Å². The zero-order valence-corrected chi connectivity index (χ0v) is 13.5. The first kappa shape index (κ1) is 10.8. The van der Waals surface area contributed by atoms with Crippen LogP contribution in [0.1, 0.15) is 0 Å². The fourth-order valence-corrected chi connectivity index (χ4v) is 3.82. The van der Waals surface area contributed by atoms with E-state index in [4.69, 9.17) is 2.81 Å². The fraction of sp³-hybridized carbons (Fsp3) is 0. The van der Waals surface area contributed by atoms with Crippen LogP contribution >= 0.6 is 31.9 Å². The predicted octanol–water partition coefficient (Wildman–Crippen LogP) is 3.22. The van der Waals surface area contributed by atoms with Gasteiger partial charge < -0.3 is 0 Å². The van der Waals surface area contributed by atoms with Gasteiger partial charge in [-0.3, -0.25) is 0 Å². The van der Waals surface area contributed by atoms with Gasteiger partial charge in [0.1, 0.15) is 0 Å². The number of hydrogen-bond acceptors (Lipinski definition) is 2. The number of pyridine rings is 1. The number of aromatic nitrogens is 1. The summed E-state index contributed by atoms with van der Waals surface area (Å²) in [7, 11) is 0. The van der Waals surface area contributed by atoms with Gasteiger partial charge in [0, 0.05) is 0 Å². The molecule has 1 aromatic carbocycles. The molecule has 0 saturated carbocycles.